The second-order valence-electron chi connectivity index (χ2n) is 6.49. The Morgan fingerprint density at radius 2 is 1.89 bits per heavy atom. The van der Waals surface area contributed by atoms with Crippen molar-refractivity contribution in [1.29, 1.82) is 0 Å². The Balaban J connectivity index is 1.40. The third-order valence-electron chi connectivity index (χ3n) is 4.62. The molecule has 1 fully saturated rings. The Hall–Kier alpha value is -2.32. The first-order valence-corrected chi connectivity index (χ1v) is 8.90. The first-order valence-electron chi connectivity index (χ1n) is 8.53. The zero-order valence-corrected chi connectivity index (χ0v) is 15.1. The summed E-state index contributed by atoms with van der Waals surface area (Å²) >= 11 is 6.05. The van der Waals surface area contributed by atoms with E-state index in [1.165, 1.54) is 0 Å². The van der Waals surface area contributed by atoms with Gasteiger partial charge in [-0.05, 0) is 18.2 Å². The second kappa shape index (κ2) is 7.01. The summed E-state index contributed by atoms with van der Waals surface area (Å²) in [6.45, 7) is 3.53. The van der Waals surface area contributed by atoms with Crippen molar-refractivity contribution < 1.29 is 13.2 Å². The van der Waals surface area contributed by atoms with Gasteiger partial charge in [-0.25, -0.2) is 9.97 Å². The van der Waals surface area contributed by atoms with Crippen LogP contribution in [0.3, 0.4) is 0 Å². The lowest BCUT2D eigenvalue weighted by Crippen LogP contribution is -2.46. The highest BCUT2D eigenvalue weighted by atomic mass is 35.5. The van der Waals surface area contributed by atoms with Crippen LogP contribution < -0.4 is 4.90 Å². The lowest BCUT2D eigenvalue weighted by molar-refractivity contribution is -0.137. The van der Waals surface area contributed by atoms with Gasteiger partial charge in [0, 0.05) is 51.3 Å². The number of nitrogens with zero attached hydrogens (tertiary/aromatic N) is 5. The van der Waals surface area contributed by atoms with Gasteiger partial charge in [-0.3, -0.25) is 4.90 Å². The average Bonchev–Trinajstić information content (AvgIpc) is 3.04. The van der Waals surface area contributed by atoms with Gasteiger partial charge < -0.3 is 9.30 Å². The highest BCUT2D eigenvalue weighted by molar-refractivity contribution is 6.33. The molecular formula is C18H17ClF3N5. The zero-order chi connectivity index (χ0) is 19.0. The molecule has 1 aliphatic rings. The standard InChI is InChI=1S/C18H17ClF3N5/c19-15-9-13(18(20,21)22)10-23-17(15)26-7-5-25(6-8-26)11-14-12-27-4-2-1-3-16(27)24-14/h1-4,9-10,12H,5-8,11H2. The second-order valence-corrected chi connectivity index (χ2v) is 6.90. The molecule has 27 heavy (non-hydrogen) atoms. The van der Waals surface area contributed by atoms with Crippen molar-refractivity contribution in [1.82, 2.24) is 19.3 Å². The van der Waals surface area contributed by atoms with Crippen LogP contribution in [0.2, 0.25) is 5.02 Å². The van der Waals surface area contributed by atoms with Crippen LogP contribution in [-0.4, -0.2) is 45.4 Å². The van der Waals surface area contributed by atoms with Gasteiger partial charge in [0.1, 0.15) is 11.5 Å². The van der Waals surface area contributed by atoms with Gasteiger partial charge in [0.25, 0.3) is 0 Å². The van der Waals surface area contributed by atoms with Gasteiger partial charge in [0.15, 0.2) is 0 Å². The molecule has 0 aliphatic carbocycles. The molecule has 9 heteroatoms. The number of piperazine rings is 1. The van der Waals surface area contributed by atoms with Gasteiger partial charge >= 0.3 is 6.18 Å². The van der Waals surface area contributed by atoms with Gasteiger partial charge in [0.05, 0.1) is 16.3 Å². The van der Waals surface area contributed by atoms with Gasteiger partial charge in [-0.2, -0.15) is 13.2 Å². The summed E-state index contributed by atoms with van der Waals surface area (Å²) in [5.41, 5.74) is 1.06. The lowest BCUT2D eigenvalue weighted by Gasteiger charge is -2.35. The minimum absolute atomic E-state index is 0.0265. The largest absolute Gasteiger partial charge is 0.417 e. The Kier molecular flexibility index (Phi) is 4.69. The van der Waals surface area contributed by atoms with E-state index in [1.807, 2.05) is 39.9 Å². The van der Waals surface area contributed by atoms with Crippen molar-refractivity contribution in [3.05, 3.63) is 59.1 Å². The van der Waals surface area contributed by atoms with Crippen LogP contribution in [0.1, 0.15) is 11.3 Å². The third-order valence-corrected chi connectivity index (χ3v) is 4.90. The molecule has 1 saturated heterocycles. The molecular weight excluding hydrogens is 379 g/mol. The monoisotopic (exact) mass is 395 g/mol. The minimum atomic E-state index is -4.44. The molecule has 0 aromatic carbocycles. The molecule has 0 atom stereocenters. The van der Waals surface area contributed by atoms with E-state index in [0.29, 0.717) is 18.9 Å². The van der Waals surface area contributed by atoms with E-state index in [0.717, 1.165) is 43.2 Å². The molecule has 4 rings (SSSR count). The summed E-state index contributed by atoms with van der Waals surface area (Å²) in [5, 5.41) is 0.0265. The van der Waals surface area contributed by atoms with Gasteiger partial charge in [-0.1, -0.05) is 17.7 Å². The Labute approximate surface area is 159 Å². The van der Waals surface area contributed by atoms with Crippen molar-refractivity contribution in [2.24, 2.45) is 0 Å². The summed E-state index contributed by atoms with van der Waals surface area (Å²) in [4.78, 5) is 12.7. The predicted molar refractivity (Wildman–Crippen MR) is 96.9 cm³/mol. The number of aromatic nitrogens is 3. The van der Waals surface area contributed by atoms with Crippen LogP contribution >= 0.6 is 11.6 Å². The molecule has 3 aromatic heterocycles. The van der Waals surface area contributed by atoms with E-state index in [4.69, 9.17) is 11.6 Å². The molecule has 3 aromatic rings. The summed E-state index contributed by atoms with van der Waals surface area (Å²) in [7, 11) is 0. The van der Waals surface area contributed by atoms with Crippen molar-refractivity contribution >= 4 is 23.1 Å². The number of alkyl halides is 3. The summed E-state index contributed by atoms with van der Waals surface area (Å²) < 4.78 is 40.2. The highest BCUT2D eigenvalue weighted by Gasteiger charge is 2.32. The first-order chi connectivity index (χ1) is 12.9. The van der Waals surface area contributed by atoms with Crippen LogP contribution in [0.5, 0.6) is 0 Å². The van der Waals surface area contributed by atoms with Crippen molar-refractivity contribution in [2.75, 3.05) is 31.1 Å². The maximum Gasteiger partial charge on any atom is 0.417 e. The van der Waals surface area contributed by atoms with E-state index in [9.17, 15) is 13.2 Å². The molecule has 0 bridgehead atoms. The average molecular weight is 396 g/mol. The van der Waals surface area contributed by atoms with E-state index >= 15 is 0 Å². The fraction of sp³-hybridized carbons (Fsp3) is 0.333. The van der Waals surface area contributed by atoms with Gasteiger partial charge in [0.2, 0.25) is 0 Å². The molecule has 0 spiro atoms. The molecule has 4 heterocycles. The number of hydrogen-bond acceptors (Lipinski definition) is 4. The number of imidazole rings is 1. The quantitative estimate of drug-likeness (QED) is 0.677. The summed E-state index contributed by atoms with van der Waals surface area (Å²) in [6, 6.07) is 6.80. The van der Waals surface area contributed by atoms with Crippen LogP contribution in [0.15, 0.2) is 42.9 Å². The maximum absolute atomic E-state index is 12.8. The maximum atomic E-state index is 12.8. The van der Waals surface area contributed by atoms with E-state index in [-0.39, 0.29) is 5.02 Å². The van der Waals surface area contributed by atoms with Gasteiger partial charge in [-0.15, -0.1) is 0 Å². The fourth-order valence-electron chi connectivity index (χ4n) is 3.23. The Bertz CT molecular complexity index is 915. The van der Waals surface area contributed by atoms with Crippen LogP contribution in [0.25, 0.3) is 5.65 Å². The van der Waals surface area contributed by atoms with E-state index < -0.39 is 11.7 Å². The minimum Gasteiger partial charge on any atom is -0.353 e. The number of halogens is 4. The molecule has 5 nitrogen and oxygen atoms in total. The van der Waals surface area contributed by atoms with Crippen LogP contribution in [0, 0.1) is 0 Å². The third kappa shape index (κ3) is 3.86. The predicted octanol–water partition coefficient (Wildman–Crippen LogP) is 3.72. The number of anilines is 1. The smallest absolute Gasteiger partial charge is 0.353 e. The molecule has 1 aliphatic heterocycles. The topological polar surface area (TPSA) is 36.7 Å². The number of pyridine rings is 2. The summed E-state index contributed by atoms with van der Waals surface area (Å²) in [6.07, 6.45) is 0.365. The summed E-state index contributed by atoms with van der Waals surface area (Å²) in [5.74, 6) is 0.400. The normalized spacial score (nSPS) is 16.2. The number of hydrogen-bond donors (Lipinski definition) is 0. The fourth-order valence-corrected chi connectivity index (χ4v) is 3.51. The van der Waals surface area contributed by atoms with E-state index in [2.05, 4.69) is 14.9 Å². The van der Waals surface area contributed by atoms with E-state index in [1.54, 1.807) is 0 Å². The SMILES string of the molecule is FC(F)(F)c1cnc(N2CCN(Cc3cn4ccccc4n3)CC2)c(Cl)c1. The van der Waals surface area contributed by atoms with Crippen molar-refractivity contribution in [2.45, 2.75) is 12.7 Å². The molecule has 0 N–H and O–H groups in total. The number of rotatable bonds is 3. The van der Waals surface area contributed by atoms with Crippen LogP contribution in [0.4, 0.5) is 19.0 Å². The molecule has 0 saturated carbocycles. The molecule has 0 radical (unpaired) electrons. The lowest BCUT2D eigenvalue weighted by atomic mass is 10.2. The van der Waals surface area contributed by atoms with Crippen molar-refractivity contribution in [3.8, 4) is 0 Å². The van der Waals surface area contributed by atoms with Crippen molar-refractivity contribution in [3.63, 3.8) is 0 Å². The van der Waals surface area contributed by atoms with Crippen LogP contribution in [-0.2, 0) is 12.7 Å². The molecule has 0 amide bonds. The first kappa shape index (κ1) is 18.1. The molecule has 142 valence electrons. The Morgan fingerprint density at radius 3 is 2.56 bits per heavy atom. The Morgan fingerprint density at radius 1 is 1.11 bits per heavy atom. The zero-order valence-electron chi connectivity index (χ0n) is 14.3. The highest BCUT2D eigenvalue weighted by Crippen LogP contribution is 2.33. The number of fused-ring (bicyclic) bond motifs is 1. The molecule has 0 unspecified atom stereocenters.